The zero-order chi connectivity index (χ0) is 17.0. The number of aromatic nitrogens is 2. The number of aromatic amines is 1. The van der Waals surface area contributed by atoms with Crippen molar-refractivity contribution in [1.82, 2.24) is 10.2 Å². The van der Waals surface area contributed by atoms with Gasteiger partial charge in [-0.25, -0.2) is 4.79 Å². The minimum absolute atomic E-state index is 0.103. The molecule has 4 N–H and O–H groups in total. The average Bonchev–Trinajstić information content (AvgIpc) is 2.98. The number of nitrogens with zero attached hydrogens (tertiary/aromatic N) is 1. The van der Waals surface area contributed by atoms with Gasteiger partial charge in [0.2, 0.25) is 5.91 Å². The number of primary amides is 1. The number of amides is 1. The van der Waals surface area contributed by atoms with Crippen LogP contribution in [0.5, 0.6) is 0 Å². The van der Waals surface area contributed by atoms with E-state index in [4.69, 9.17) is 10.5 Å². The van der Waals surface area contributed by atoms with Gasteiger partial charge in [0, 0.05) is 11.3 Å². The molecule has 0 aliphatic rings. The number of hydrogen-bond acceptors (Lipinski definition) is 6. The van der Waals surface area contributed by atoms with Crippen LogP contribution in [0.4, 0.5) is 5.69 Å². The van der Waals surface area contributed by atoms with Crippen molar-refractivity contribution in [3.8, 4) is 0 Å². The Kier molecular flexibility index (Phi) is 4.65. The lowest BCUT2D eigenvalue weighted by atomic mass is 10.2. The Morgan fingerprint density at radius 3 is 2.52 bits per heavy atom. The van der Waals surface area contributed by atoms with Crippen molar-refractivity contribution >= 4 is 27.6 Å². The maximum Gasteiger partial charge on any atom is 0.342 e. The van der Waals surface area contributed by atoms with Crippen molar-refractivity contribution < 1.29 is 22.7 Å². The molecule has 0 aliphatic carbocycles. The van der Waals surface area contributed by atoms with Crippen molar-refractivity contribution in [3.63, 3.8) is 0 Å². The van der Waals surface area contributed by atoms with E-state index in [1.54, 1.807) is 6.92 Å². The van der Waals surface area contributed by atoms with Crippen LogP contribution < -0.4 is 10.5 Å². The fraction of sp³-hybridized carbons (Fsp3) is 0.154. The van der Waals surface area contributed by atoms with Crippen molar-refractivity contribution in [2.24, 2.45) is 5.73 Å². The number of carbonyl (C=O) groups excluding carboxylic acids is 2. The molecule has 0 saturated heterocycles. The number of nitrogens with two attached hydrogens (primary N) is 1. The van der Waals surface area contributed by atoms with Gasteiger partial charge < -0.3 is 10.5 Å². The molecule has 9 nitrogen and oxygen atoms in total. The topological polar surface area (TPSA) is 144 Å². The fourth-order valence-corrected chi connectivity index (χ4v) is 2.89. The molecule has 0 radical (unpaired) electrons. The molecule has 0 bridgehead atoms. The molecular formula is C13H14N4O5S. The maximum absolute atomic E-state index is 12.3. The highest BCUT2D eigenvalue weighted by Gasteiger charge is 2.26. The van der Waals surface area contributed by atoms with Gasteiger partial charge in [0.1, 0.15) is 5.56 Å². The van der Waals surface area contributed by atoms with Crippen LogP contribution in [0.1, 0.15) is 27.6 Å². The largest absolute Gasteiger partial charge is 0.462 e. The molecule has 1 heterocycles. The van der Waals surface area contributed by atoms with E-state index in [0.717, 1.165) is 6.20 Å². The summed E-state index contributed by atoms with van der Waals surface area (Å²) in [6.07, 6.45) is 1.07. The van der Waals surface area contributed by atoms with E-state index in [-0.39, 0.29) is 23.4 Å². The van der Waals surface area contributed by atoms with Crippen LogP contribution in [0.3, 0.4) is 0 Å². The lowest BCUT2D eigenvalue weighted by Crippen LogP contribution is -2.18. The Labute approximate surface area is 131 Å². The quantitative estimate of drug-likeness (QED) is 0.654. The second kappa shape index (κ2) is 6.48. The molecule has 0 atom stereocenters. The average molecular weight is 338 g/mol. The summed E-state index contributed by atoms with van der Waals surface area (Å²) in [7, 11) is -4.08. The first-order valence-corrected chi connectivity index (χ1v) is 7.96. The number of hydrogen-bond donors (Lipinski definition) is 3. The predicted molar refractivity (Wildman–Crippen MR) is 80.3 cm³/mol. The number of sulfonamides is 1. The molecule has 1 aromatic carbocycles. The van der Waals surface area contributed by atoms with Crippen LogP contribution in [0.25, 0.3) is 0 Å². The smallest absolute Gasteiger partial charge is 0.342 e. The third kappa shape index (κ3) is 3.66. The van der Waals surface area contributed by atoms with Crippen LogP contribution in [0, 0.1) is 0 Å². The second-order valence-electron chi connectivity index (χ2n) is 4.38. The van der Waals surface area contributed by atoms with E-state index in [1.807, 2.05) is 0 Å². The van der Waals surface area contributed by atoms with Crippen LogP contribution in [0.15, 0.2) is 35.5 Å². The first-order chi connectivity index (χ1) is 10.8. The molecule has 0 unspecified atom stereocenters. The molecule has 0 aliphatic heterocycles. The third-order valence-corrected chi connectivity index (χ3v) is 4.14. The Bertz CT molecular complexity index is 826. The van der Waals surface area contributed by atoms with Crippen LogP contribution in [0.2, 0.25) is 0 Å². The third-order valence-electron chi connectivity index (χ3n) is 2.79. The molecule has 2 rings (SSSR count). The molecule has 0 spiro atoms. The summed E-state index contributed by atoms with van der Waals surface area (Å²) in [4.78, 5) is 22.7. The predicted octanol–water partition coefficient (Wildman–Crippen LogP) is 0.486. The highest BCUT2D eigenvalue weighted by Crippen LogP contribution is 2.18. The zero-order valence-electron chi connectivity index (χ0n) is 12.1. The van der Waals surface area contributed by atoms with E-state index in [9.17, 15) is 18.0 Å². The summed E-state index contributed by atoms with van der Waals surface area (Å²) in [5, 5.41) is 5.42. The van der Waals surface area contributed by atoms with E-state index in [1.165, 1.54) is 24.3 Å². The first kappa shape index (κ1) is 16.5. The van der Waals surface area contributed by atoms with Gasteiger partial charge in [-0.2, -0.15) is 13.5 Å². The number of anilines is 1. The summed E-state index contributed by atoms with van der Waals surface area (Å²) in [5.41, 5.74) is 5.34. The molecule has 1 amide bonds. The number of H-pyrrole nitrogens is 1. The van der Waals surface area contributed by atoms with Gasteiger partial charge in [-0.1, -0.05) is 0 Å². The minimum Gasteiger partial charge on any atom is -0.462 e. The van der Waals surface area contributed by atoms with Crippen LogP contribution >= 0.6 is 0 Å². The van der Waals surface area contributed by atoms with Gasteiger partial charge >= 0.3 is 5.97 Å². The van der Waals surface area contributed by atoms with Crippen molar-refractivity contribution in [2.75, 3.05) is 11.3 Å². The minimum atomic E-state index is -4.08. The summed E-state index contributed by atoms with van der Waals surface area (Å²) < 4.78 is 31.7. The number of nitrogens with one attached hydrogen (secondary N) is 2. The number of esters is 1. The standard InChI is InChI=1S/C13H14N4O5S/c1-2-22-13(19)10-7-15-16-12(10)23(20,21)17-9-5-3-8(4-6-9)11(14)18/h3-7,17H,2H2,1H3,(H2,14,18)(H,15,16). The van der Waals surface area contributed by atoms with Crippen molar-refractivity contribution in [2.45, 2.75) is 11.9 Å². The van der Waals surface area contributed by atoms with E-state index < -0.39 is 26.9 Å². The Balaban J connectivity index is 2.27. The Morgan fingerprint density at radius 2 is 1.96 bits per heavy atom. The van der Waals surface area contributed by atoms with Crippen molar-refractivity contribution in [3.05, 3.63) is 41.6 Å². The molecule has 122 valence electrons. The Morgan fingerprint density at radius 1 is 1.30 bits per heavy atom. The zero-order valence-corrected chi connectivity index (χ0v) is 12.9. The fourth-order valence-electron chi connectivity index (χ4n) is 1.74. The number of rotatable bonds is 6. The van der Waals surface area contributed by atoms with Crippen LogP contribution in [-0.4, -0.2) is 37.1 Å². The normalized spacial score (nSPS) is 11.0. The highest BCUT2D eigenvalue weighted by atomic mass is 32.2. The summed E-state index contributed by atoms with van der Waals surface area (Å²) in [5.74, 6) is -1.43. The number of carbonyl (C=O) groups is 2. The second-order valence-corrected chi connectivity index (χ2v) is 6.00. The summed E-state index contributed by atoms with van der Waals surface area (Å²) >= 11 is 0. The molecule has 2 aromatic rings. The number of benzene rings is 1. The molecule has 1 aromatic heterocycles. The monoisotopic (exact) mass is 338 g/mol. The van der Waals surface area contributed by atoms with E-state index in [2.05, 4.69) is 14.9 Å². The lowest BCUT2D eigenvalue weighted by molar-refractivity contribution is 0.0521. The summed E-state index contributed by atoms with van der Waals surface area (Å²) in [6.45, 7) is 1.70. The SMILES string of the molecule is CCOC(=O)c1cn[nH]c1S(=O)(=O)Nc1ccc(C(N)=O)cc1. The maximum atomic E-state index is 12.3. The Hall–Kier alpha value is -2.88. The van der Waals surface area contributed by atoms with Crippen molar-refractivity contribution in [1.29, 1.82) is 0 Å². The summed E-state index contributed by atoms with van der Waals surface area (Å²) in [6, 6.07) is 5.49. The van der Waals surface area contributed by atoms with E-state index in [0.29, 0.717) is 0 Å². The van der Waals surface area contributed by atoms with Gasteiger partial charge in [-0.3, -0.25) is 14.6 Å². The van der Waals surface area contributed by atoms with Gasteiger partial charge in [-0.05, 0) is 31.2 Å². The van der Waals surface area contributed by atoms with Crippen LogP contribution in [-0.2, 0) is 14.8 Å². The number of ether oxygens (including phenoxy) is 1. The van der Waals surface area contributed by atoms with Gasteiger partial charge in [0.15, 0.2) is 5.03 Å². The molecule has 0 fully saturated rings. The van der Waals surface area contributed by atoms with Gasteiger partial charge in [0.25, 0.3) is 10.0 Å². The first-order valence-electron chi connectivity index (χ1n) is 6.48. The highest BCUT2D eigenvalue weighted by molar-refractivity contribution is 7.92. The lowest BCUT2D eigenvalue weighted by Gasteiger charge is -2.08. The molecule has 23 heavy (non-hydrogen) atoms. The molecular weight excluding hydrogens is 324 g/mol. The van der Waals surface area contributed by atoms with Gasteiger partial charge in [-0.15, -0.1) is 0 Å². The molecule has 0 saturated carbocycles. The van der Waals surface area contributed by atoms with Gasteiger partial charge in [0.05, 0.1) is 12.8 Å². The van der Waals surface area contributed by atoms with E-state index >= 15 is 0 Å². The molecule has 10 heteroatoms.